The van der Waals surface area contributed by atoms with E-state index in [0.717, 1.165) is 41.3 Å². The van der Waals surface area contributed by atoms with Crippen LogP contribution in [0, 0.1) is 13.8 Å². The largest absolute Gasteiger partial charge is 0.336 e. The van der Waals surface area contributed by atoms with Crippen molar-refractivity contribution in [2.24, 2.45) is 0 Å². The van der Waals surface area contributed by atoms with E-state index in [4.69, 9.17) is 0 Å². The van der Waals surface area contributed by atoms with Crippen LogP contribution in [0.3, 0.4) is 0 Å². The Kier molecular flexibility index (Phi) is 6.78. The van der Waals surface area contributed by atoms with Gasteiger partial charge in [-0.15, -0.1) is 11.3 Å². The van der Waals surface area contributed by atoms with Crippen LogP contribution < -0.4 is 0 Å². The molecule has 1 fully saturated rings. The van der Waals surface area contributed by atoms with Gasteiger partial charge in [0.2, 0.25) is 11.8 Å². The van der Waals surface area contributed by atoms with Gasteiger partial charge in [-0.2, -0.15) is 0 Å². The summed E-state index contributed by atoms with van der Waals surface area (Å²) < 4.78 is 0. The average Bonchev–Trinajstić information content (AvgIpc) is 2.92. The molecule has 0 unspecified atom stereocenters. The zero-order valence-electron chi connectivity index (χ0n) is 15.3. The smallest absolute Gasteiger partial charge is 0.242 e. The van der Waals surface area contributed by atoms with Gasteiger partial charge in [0, 0.05) is 24.9 Å². The second kappa shape index (κ2) is 8.60. The fraction of sp³-hybridized carbons (Fsp3) is 0.722. The molecule has 0 aromatic carbocycles. The zero-order chi connectivity index (χ0) is 17.7. The molecule has 24 heavy (non-hydrogen) atoms. The lowest BCUT2D eigenvalue weighted by Crippen LogP contribution is -2.42. The van der Waals surface area contributed by atoms with Crippen LogP contribution in [-0.2, 0) is 9.59 Å². The summed E-state index contributed by atoms with van der Waals surface area (Å²) >= 11 is 1.66. The molecule has 1 aliphatic heterocycles. The number of carbonyl (C=O) groups is 2. The summed E-state index contributed by atoms with van der Waals surface area (Å²) in [6.07, 6.45) is 5.94. The van der Waals surface area contributed by atoms with Gasteiger partial charge in [-0.1, -0.05) is 19.3 Å². The normalized spacial score (nSPS) is 17.8. The maximum Gasteiger partial charge on any atom is 0.242 e. The fourth-order valence-electron chi connectivity index (χ4n) is 3.17. The van der Waals surface area contributed by atoms with Crippen molar-refractivity contribution < 1.29 is 9.59 Å². The van der Waals surface area contributed by atoms with Crippen molar-refractivity contribution in [3.05, 3.63) is 15.6 Å². The van der Waals surface area contributed by atoms with Gasteiger partial charge in [0.1, 0.15) is 0 Å². The Morgan fingerprint density at radius 2 is 1.92 bits per heavy atom. The molecule has 2 heterocycles. The summed E-state index contributed by atoms with van der Waals surface area (Å²) in [6, 6.07) is -0.0740. The lowest BCUT2D eigenvalue weighted by atomic mass is 10.1. The van der Waals surface area contributed by atoms with Crippen molar-refractivity contribution in [2.75, 3.05) is 20.1 Å². The number of aromatic nitrogens is 1. The number of hydrogen-bond acceptors (Lipinski definition) is 4. The summed E-state index contributed by atoms with van der Waals surface area (Å²) in [7, 11) is 1.81. The zero-order valence-corrected chi connectivity index (χ0v) is 16.1. The first-order chi connectivity index (χ1) is 11.4. The van der Waals surface area contributed by atoms with Crippen molar-refractivity contribution in [3.63, 3.8) is 0 Å². The Morgan fingerprint density at radius 1 is 1.25 bits per heavy atom. The quantitative estimate of drug-likeness (QED) is 0.835. The first kappa shape index (κ1) is 18.9. The Bertz CT molecular complexity index is 585. The maximum atomic E-state index is 12.7. The Hall–Kier alpha value is -1.43. The molecule has 0 bridgehead atoms. The van der Waals surface area contributed by atoms with Crippen molar-refractivity contribution in [1.29, 1.82) is 0 Å². The summed E-state index contributed by atoms with van der Waals surface area (Å²) in [5, 5.41) is 1.02. The van der Waals surface area contributed by atoms with Crippen molar-refractivity contribution in [1.82, 2.24) is 14.8 Å². The van der Waals surface area contributed by atoms with Gasteiger partial charge in [-0.05, 0) is 33.6 Å². The lowest BCUT2D eigenvalue weighted by molar-refractivity contribution is -0.141. The third-order valence-corrected chi connectivity index (χ3v) is 5.71. The Balaban J connectivity index is 2.01. The summed E-state index contributed by atoms with van der Waals surface area (Å²) in [6.45, 7) is 6.90. The molecule has 2 rings (SSSR count). The van der Waals surface area contributed by atoms with E-state index in [9.17, 15) is 9.59 Å². The number of rotatable bonds is 4. The van der Waals surface area contributed by atoms with E-state index >= 15 is 0 Å². The SMILES string of the molecule is Cc1nc([C@@H](C)N(C)C(=O)CN2CCCCCCCC2=O)c(C)s1. The number of thiazole rings is 1. The van der Waals surface area contributed by atoms with E-state index in [0.29, 0.717) is 13.0 Å². The topological polar surface area (TPSA) is 53.5 Å². The average molecular weight is 352 g/mol. The molecule has 0 radical (unpaired) electrons. The van der Waals surface area contributed by atoms with Crippen LogP contribution in [0.5, 0.6) is 0 Å². The van der Waals surface area contributed by atoms with Gasteiger partial charge >= 0.3 is 0 Å². The molecule has 0 spiro atoms. The van der Waals surface area contributed by atoms with Gasteiger partial charge in [0.15, 0.2) is 0 Å². The van der Waals surface area contributed by atoms with Crippen LogP contribution in [0.25, 0.3) is 0 Å². The minimum absolute atomic E-state index is 0.0138. The van der Waals surface area contributed by atoms with E-state index in [1.807, 2.05) is 27.8 Å². The van der Waals surface area contributed by atoms with E-state index < -0.39 is 0 Å². The van der Waals surface area contributed by atoms with Crippen LogP contribution in [0.4, 0.5) is 0 Å². The fourth-order valence-corrected chi connectivity index (χ4v) is 4.07. The predicted octanol–water partition coefficient (Wildman–Crippen LogP) is 3.46. The number of amides is 2. The highest BCUT2D eigenvalue weighted by Crippen LogP contribution is 2.26. The Morgan fingerprint density at radius 3 is 2.58 bits per heavy atom. The van der Waals surface area contributed by atoms with Crippen LogP contribution in [-0.4, -0.2) is 46.7 Å². The molecule has 1 aromatic rings. The number of carbonyl (C=O) groups excluding carboxylic acids is 2. The van der Waals surface area contributed by atoms with Crippen LogP contribution >= 0.6 is 11.3 Å². The van der Waals surface area contributed by atoms with Crippen molar-refractivity contribution >= 4 is 23.2 Å². The lowest BCUT2D eigenvalue weighted by Gasteiger charge is -2.28. The second-order valence-electron chi connectivity index (χ2n) is 6.69. The van der Waals surface area contributed by atoms with Gasteiger partial charge in [0.05, 0.1) is 23.3 Å². The first-order valence-corrected chi connectivity index (χ1v) is 9.69. The van der Waals surface area contributed by atoms with Crippen LogP contribution in [0.2, 0.25) is 0 Å². The van der Waals surface area contributed by atoms with Crippen LogP contribution in [0.15, 0.2) is 0 Å². The van der Waals surface area contributed by atoms with Crippen molar-refractivity contribution in [2.45, 2.75) is 65.3 Å². The molecule has 0 N–H and O–H groups in total. The molecular formula is C18H29N3O2S. The highest BCUT2D eigenvalue weighted by Gasteiger charge is 2.25. The van der Waals surface area contributed by atoms with Gasteiger partial charge in [-0.3, -0.25) is 9.59 Å². The number of nitrogens with zero attached hydrogens (tertiary/aromatic N) is 3. The van der Waals surface area contributed by atoms with Gasteiger partial charge in [0.25, 0.3) is 0 Å². The number of likely N-dealkylation sites (N-methyl/N-ethyl adjacent to an activating group) is 1. The molecule has 0 aliphatic carbocycles. The highest BCUT2D eigenvalue weighted by molar-refractivity contribution is 7.11. The monoisotopic (exact) mass is 351 g/mol. The molecular weight excluding hydrogens is 322 g/mol. The molecule has 1 saturated heterocycles. The van der Waals surface area contributed by atoms with Crippen molar-refractivity contribution in [3.8, 4) is 0 Å². The van der Waals surface area contributed by atoms with Crippen LogP contribution in [0.1, 0.15) is 67.1 Å². The molecule has 1 aliphatic rings. The third kappa shape index (κ3) is 4.79. The molecule has 0 saturated carbocycles. The molecule has 134 valence electrons. The summed E-state index contributed by atoms with van der Waals surface area (Å²) in [5.74, 6) is 0.104. The van der Waals surface area contributed by atoms with Gasteiger partial charge in [-0.25, -0.2) is 4.98 Å². The maximum absolute atomic E-state index is 12.7. The minimum Gasteiger partial charge on any atom is -0.336 e. The molecule has 5 nitrogen and oxygen atoms in total. The highest BCUT2D eigenvalue weighted by atomic mass is 32.1. The third-order valence-electron chi connectivity index (χ3n) is 4.81. The summed E-state index contributed by atoms with van der Waals surface area (Å²) in [4.78, 5) is 34.2. The van der Waals surface area contributed by atoms with E-state index in [1.165, 1.54) is 6.42 Å². The molecule has 2 amide bonds. The predicted molar refractivity (Wildman–Crippen MR) is 97.1 cm³/mol. The molecule has 1 atom stereocenters. The van der Waals surface area contributed by atoms with E-state index in [-0.39, 0.29) is 24.4 Å². The molecule has 1 aromatic heterocycles. The van der Waals surface area contributed by atoms with E-state index in [2.05, 4.69) is 4.98 Å². The summed E-state index contributed by atoms with van der Waals surface area (Å²) in [5.41, 5.74) is 0.962. The molecule has 6 heteroatoms. The second-order valence-corrected chi connectivity index (χ2v) is 8.10. The Labute approximate surface area is 149 Å². The number of aryl methyl sites for hydroxylation is 2. The number of hydrogen-bond donors (Lipinski definition) is 0. The standard InChI is InChI=1S/C18H29N3O2S/c1-13(18-14(2)24-15(3)19-18)20(4)17(23)12-21-11-9-7-5-6-8-10-16(21)22/h13H,5-12H2,1-4H3/t13-/m1/s1. The van der Waals surface area contributed by atoms with Gasteiger partial charge < -0.3 is 9.80 Å². The minimum atomic E-state index is -0.0740. The van der Waals surface area contributed by atoms with E-state index in [1.54, 1.807) is 21.1 Å². The first-order valence-electron chi connectivity index (χ1n) is 8.87.